The number of rotatable bonds is 6. The number of hydrogen-bond donors (Lipinski definition) is 0. The van der Waals surface area contributed by atoms with Crippen LogP contribution in [-0.2, 0) is 16.6 Å². The smallest absolute Gasteiger partial charge is 0.245 e. The van der Waals surface area contributed by atoms with E-state index in [1.807, 2.05) is 31.2 Å². The van der Waals surface area contributed by atoms with Crippen molar-refractivity contribution in [2.24, 2.45) is 0 Å². The van der Waals surface area contributed by atoms with Gasteiger partial charge in [0.05, 0.1) is 11.6 Å². The van der Waals surface area contributed by atoms with Crippen LogP contribution in [0.25, 0.3) is 11.4 Å². The molecule has 0 bridgehead atoms. The van der Waals surface area contributed by atoms with Gasteiger partial charge in [-0.2, -0.15) is 9.29 Å². The van der Waals surface area contributed by atoms with Gasteiger partial charge in [-0.3, -0.25) is 0 Å². The van der Waals surface area contributed by atoms with E-state index in [1.165, 1.54) is 22.5 Å². The summed E-state index contributed by atoms with van der Waals surface area (Å²) in [6.45, 7) is 3.81. The van der Waals surface area contributed by atoms with E-state index in [2.05, 4.69) is 10.1 Å². The van der Waals surface area contributed by atoms with Crippen LogP contribution in [0.4, 0.5) is 0 Å². The Bertz CT molecular complexity index is 1070. The Morgan fingerprint density at radius 3 is 2.63 bits per heavy atom. The van der Waals surface area contributed by atoms with Crippen molar-refractivity contribution in [2.75, 3.05) is 6.54 Å². The molecule has 9 heteroatoms. The molecule has 2 aromatic carbocycles. The Kier molecular flexibility index (Phi) is 5.86. The molecule has 0 saturated heterocycles. The van der Waals surface area contributed by atoms with Crippen molar-refractivity contribution in [1.29, 1.82) is 0 Å². The lowest BCUT2D eigenvalue weighted by atomic mass is 10.1. The van der Waals surface area contributed by atoms with Crippen molar-refractivity contribution in [1.82, 2.24) is 14.4 Å². The van der Waals surface area contributed by atoms with Gasteiger partial charge >= 0.3 is 0 Å². The van der Waals surface area contributed by atoms with Crippen LogP contribution in [0.2, 0.25) is 10.0 Å². The zero-order valence-corrected chi connectivity index (χ0v) is 17.0. The first-order valence-corrected chi connectivity index (χ1v) is 10.4. The number of aromatic nitrogens is 2. The van der Waals surface area contributed by atoms with Gasteiger partial charge in [-0.15, -0.1) is 0 Å². The Morgan fingerprint density at radius 1 is 1.15 bits per heavy atom. The first-order chi connectivity index (χ1) is 12.8. The second-order valence-electron chi connectivity index (χ2n) is 5.89. The fourth-order valence-corrected chi connectivity index (χ4v) is 4.69. The van der Waals surface area contributed by atoms with Gasteiger partial charge in [0.25, 0.3) is 0 Å². The maximum atomic E-state index is 13.0. The van der Waals surface area contributed by atoms with E-state index < -0.39 is 10.0 Å². The number of aryl methyl sites for hydroxylation is 1. The predicted octanol–water partition coefficient (Wildman–Crippen LogP) is 4.56. The van der Waals surface area contributed by atoms with E-state index >= 15 is 0 Å². The minimum atomic E-state index is -3.88. The Labute approximate surface area is 167 Å². The fraction of sp³-hybridized carbons (Fsp3) is 0.222. The molecule has 1 aromatic heterocycles. The van der Waals surface area contributed by atoms with Crippen LogP contribution in [0.15, 0.2) is 51.9 Å². The van der Waals surface area contributed by atoms with Crippen LogP contribution in [0, 0.1) is 6.92 Å². The maximum Gasteiger partial charge on any atom is 0.245 e. The van der Waals surface area contributed by atoms with Crippen LogP contribution in [0.5, 0.6) is 0 Å². The molecule has 0 fully saturated rings. The molecule has 0 atom stereocenters. The van der Waals surface area contributed by atoms with E-state index in [0.717, 1.165) is 11.1 Å². The zero-order chi connectivity index (χ0) is 19.6. The minimum Gasteiger partial charge on any atom is -0.338 e. The molecule has 0 N–H and O–H groups in total. The monoisotopic (exact) mass is 425 g/mol. The molecule has 6 nitrogen and oxygen atoms in total. The van der Waals surface area contributed by atoms with Gasteiger partial charge < -0.3 is 4.52 Å². The van der Waals surface area contributed by atoms with E-state index in [9.17, 15) is 8.42 Å². The Morgan fingerprint density at radius 2 is 1.93 bits per heavy atom. The average Bonchev–Trinajstić information content (AvgIpc) is 3.10. The van der Waals surface area contributed by atoms with Crippen molar-refractivity contribution in [2.45, 2.75) is 25.3 Å². The molecule has 0 spiro atoms. The lowest BCUT2D eigenvalue weighted by Gasteiger charge is -2.19. The second kappa shape index (κ2) is 7.98. The van der Waals surface area contributed by atoms with Crippen LogP contribution >= 0.6 is 23.2 Å². The van der Waals surface area contributed by atoms with Gasteiger partial charge in [0.15, 0.2) is 0 Å². The summed E-state index contributed by atoms with van der Waals surface area (Å²) >= 11 is 12.0. The molecule has 1 heterocycles. The van der Waals surface area contributed by atoms with Crippen molar-refractivity contribution in [3.8, 4) is 11.4 Å². The number of nitrogens with zero attached hydrogens (tertiary/aromatic N) is 3. The Balaban J connectivity index is 1.88. The molecular weight excluding hydrogens is 409 g/mol. The van der Waals surface area contributed by atoms with Gasteiger partial charge in [0.2, 0.25) is 21.7 Å². The summed E-state index contributed by atoms with van der Waals surface area (Å²) < 4.78 is 32.4. The number of benzene rings is 2. The molecule has 142 valence electrons. The topological polar surface area (TPSA) is 76.3 Å². The molecule has 0 aliphatic carbocycles. The molecule has 0 aliphatic rings. The lowest BCUT2D eigenvalue weighted by molar-refractivity contribution is 0.321. The molecule has 27 heavy (non-hydrogen) atoms. The second-order valence-corrected chi connectivity index (χ2v) is 8.64. The molecular formula is C18H17Cl2N3O3S. The minimum absolute atomic E-state index is 0.0584. The zero-order valence-electron chi connectivity index (χ0n) is 14.7. The molecule has 0 aliphatic heterocycles. The molecule has 0 radical (unpaired) electrons. The summed E-state index contributed by atoms with van der Waals surface area (Å²) in [6, 6.07) is 12.0. The fourth-order valence-electron chi connectivity index (χ4n) is 2.55. The number of hydrogen-bond acceptors (Lipinski definition) is 5. The van der Waals surface area contributed by atoms with Crippen LogP contribution in [0.1, 0.15) is 18.4 Å². The van der Waals surface area contributed by atoms with Crippen LogP contribution in [-0.4, -0.2) is 29.4 Å². The van der Waals surface area contributed by atoms with E-state index in [-0.39, 0.29) is 33.9 Å². The summed E-state index contributed by atoms with van der Waals surface area (Å²) in [4.78, 5) is 4.26. The first kappa shape index (κ1) is 19.8. The average molecular weight is 426 g/mol. The third-order valence-corrected chi connectivity index (χ3v) is 6.56. The molecule has 0 amide bonds. The first-order valence-electron chi connectivity index (χ1n) is 8.16. The number of halogens is 2. The van der Waals surface area contributed by atoms with E-state index in [4.69, 9.17) is 27.7 Å². The van der Waals surface area contributed by atoms with Gasteiger partial charge in [0.1, 0.15) is 4.90 Å². The quantitative estimate of drug-likeness (QED) is 0.578. The van der Waals surface area contributed by atoms with E-state index in [0.29, 0.717) is 5.82 Å². The Hall–Kier alpha value is -1.93. The summed E-state index contributed by atoms with van der Waals surface area (Å²) in [6.07, 6.45) is 0. The SMILES string of the molecule is CCN(Cc1nc(-c2cccc(C)c2)no1)S(=O)(=O)c1cc(Cl)ccc1Cl. The highest BCUT2D eigenvalue weighted by Crippen LogP contribution is 2.28. The van der Waals surface area contributed by atoms with Crippen molar-refractivity contribution < 1.29 is 12.9 Å². The standard InChI is InChI=1S/C18H17Cl2N3O3S/c1-3-23(27(24,25)16-10-14(19)7-8-15(16)20)11-17-21-18(22-26-17)13-6-4-5-12(2)9-13/h4-10H,3,11H2,1-2H3. The maximum absolute atomic E-state index is 13.0. The normalized spacial score (nSPS) is 11.9. The van der Waals surface area contributed by atoms with Crippen molar-refractivity contribution >= 4 is 33.2 Å². The summed E-state index contributed by atoms with van der Waals surface area (Å²) in [5.74, 6) is 0.595. The van der Waals surface area contributed by atoms with Crippen LogP contribution in [0.3, 0.4) is 0 Å². The third-order valence-electron chi connectivity index (χ3n) is 3.92. The van der Waals surface area contributed by atoms with Gasteiger partial charge in [-0.1, -0.05) is 59.0 Å². The summed E-state index contributed by atoms with van der Waals surface area (Å²) in [5, 5.41) is 4.33. The molecule has 0 unspecified atom stereocenters. The largest absolute Gasteiger partial charge is 0.338 e. The highest BCUT2D eigenvalue weighted by Gasteiger charge is 2.28. The van der Waals surface area contributed by atoms with Gasteiger partial charge in [-0.25, -0.2) is 8.42 Å². The van der Waals surface area contributed by atoms with Crippen molar-refractivity contribution in [3.63, 3.8) is 0 Å². The molecule has 3 aromatic rings. The predicted molar refractivity (Wildman–Crippen MR) is 104 cm³/mol. The van der Waals surface area contributed by atoms with Crippen LogP contribution < -0.4 is 0 Å². The summed E-state index contributed by atoms with van der Waals surface area (Å²) in [7, 11) is -3.88. The number of sulfonamides is 1. The highest BCUT2D eigenvalue weighted by molar-refractivity contribution is 7.89. The van der Waals surface area contributed by atoms with Gasteiger partial charge in [-0.05, 0) is 31.2 Å². The van der Waals surface area contributed by atoms with Gasteiger partial charge in [0, 0.05) is 17.1 Å². The lowest BCUT2D eigenvalue weighted by Crippen LogP contribution is -2.30. The van der Waals surface area contributed by atoms with Crippen molar-refractivity contribution in [3.05, 3.63) is 64.0 Å². The molecule has 3 rings (SSSR count). The third kappa shape index (κ3) is 4.32. The molecule has 0 saturated carbocycles. The highest BCUT2D eigenvalue weighted by atomic mass is 35.5. The summed E-state index contributed by atoms with van der Waals surface area (Å²) in [5.41, 5.74) is 1.86. The van der Waals surface area contributed by atoms with E-state index in [1.54, 1.807) is 6.92 Å².